The summed E-state index contributed by atoms with van der Waals surface area (Å²) < 4.78 is 39.3. The van der Waals surface area contributed by atoms with Crippen molar-refractivity contribution in [3.8, 4) is 11.5 Å². The molecule has 0 atom stereocenters. The quantitative estimate of drug-likeness (QED) is 0.686. The van der Waals surface area contributed by atoms with Crippen LogP contribution in [0.25, 0.3) is 0 Å². The number of nitrogens with zero attached hydrogens (tertiary/aromatic N) is 1. The molecule has 1 heterocycles. The van der Waals surface area contributed by atoms with Crippen LogP contribution in [-0.2, 0) is 6.54 Å². The van der Waals surface area contributed by atoms with E-state index in [0.717, 1.165) is 6.07 Å². The molecule has 0 aliphatic carbocycles. The third-order valence-corrected chi connectivity index (χ3v) is 1.49. The highest BCUT2D eigenvalue weighted by Crippen LogP contribution is 2.30. The van der Waals surface area contributed by atoms with Gasteiger partial charge in [0.2, 0.25) is 0 Å². The van der Waals surface area contributed by atoms with Gasteiger partial charge in [0.25, 0.3) is 0 Å². The molecule has 5 N–H and O–H groups in total. The Balaban J connectivity index is 3.11. The lowest BCUT2D eigenvalue weighted by molar-refractivity contribution is -0.275. The number of alkyl halides is 3. The molecule has 0 aromatic carbocycles. The predicted octanol–water partition coefficient (Wildman–Crippen LogP) is 0.727. The van der Waals surface area contributed by atoms with Gasteiger partial charge in [-0.15, -0.1) is 13.2 Å². The summed E-state index contributed by atoms with van der Waals surface area (Å²) in [4.78, 5) is 3.45. The zero-order chi connectivity index (χ0) is 11.6. The standard InChI is InChI=1S/C7H8F3N3O2/c8-7(9,10)15-5-1-4(14)6(12)13-3(5)2-11/h1,14H,2,11H2,(H2,12,13). The lowest BCUT2D eigenvalue weighted by atomic mass is 10.3. The van der Waals surface area contributed by atoms with Crippen LogP contribution in [0.2, 0.25) is 0 Å². The third kappa shape index (κ3) is 2.88. The Morgan fingerprint density at radius 2 is 2.07 bits per heavy atom. The fourth-order valence-corrected chi connectivity index (χ4v) is 0.898. The lowest BCUT2D eigenvalue weighted by Gasteiger charge is -2.12. The van der Waals surface area contributed by atoms with E-state index in [0.29, 0.717) is 0 Å². The zero-order valence-electron chi connectivity index (χ0n) is 7.38. The molecule has 0 radical (unpaired) electrons. The average molecular weight is 223 g/mol. The van der Waals surface area contributed by atoms with Gasteiger partial charge < -0.3 is 21.3 Å². The average Bonchev–Trinajstić information content (AvgIpc) is 2.08. The third-order valence-electron chi connectivity index (χ3n) is 1.49. The lowest BCUT2D eigenvalue weighted by Crippen LogP contribution is -2.19. The summed E-state index contributed by atoms with van der Waals surface area (Å²) >= 11 is 0. The van der Waals surface area contributed by atoms with Crippen molar-refractivity contribution in [1.29, 1.82) is 0 Å². The highest BCUT2D eigenvalue weighted by molar-refractivity contribution is 5.50. The summed E-state index contributed by atoms with van der Waals surface area (Å²) in [6, 6.07) is 0.720. The monoisotopic (exact) mass is 223 g/mol. The van der Waals surface area contributed by atoms with Crippen molar-refractivity contribution in [2.24, 2.45) is 5.73 Å². The second kappa shape index (κ2) is 3.81. The van der Waals surface area contributed by atoms with E-state index in [1.165, 1.54) is 0 Å². The van der Waals surface area contributed by atoms with Crippen LogP contribution in [-0.4, -0.2) is 16.5 Å². The van der Waals surface area contributed by atoms with E-state index in [1.54, 1.807) is 0 Å². The first-order valence-corrected chi connectivity index (χ1v) is 3.77. The number of aromatic hydroxyl groups is 1. The number of ether oxygens (including phenoxy) is 1. The number of nitrogen functional groups attached to an aromatic ring is 1. The van der Waals surface area contributed by atoms with Crippen LogP contribution in [0.4, 0.5) is 19.0 Å². The van der Waals surface area contributed by atoms with E-state index in [9.17, 15) is 13.2 Å². The summed E-state index contributed by atoms with van der Waals surface area (Å²) in [6.45, 7) is -0.282. The summed E-state index contributed by atoms with van der Waals surface area (Å²) in [6.07, 6.45) is -4.87. The maximum Gasteiger partial charge on any atom is 0.573 e. The van der Waals surface area contributed by atoms with Gasteiger partial charge in [-0.2, -0.15) is 0 Å². The molecule has 1 aromatic heterocycles. The molecular formula is C7H8F3N3O2. The summed E-state index contributed by atoms with van der Waals surface area (Å²) in [5.74, 6) is -1.55. The van der Waals surface area contributed by atoms with Crippen molar-refractivity contribution in [1.82, 2.24) is 4.98 Å². The molecule has 0 amide bonds. The van der Waals surface area contributed by atoms with Crippen LogP contribution in [0.15, 0.2) is 6.07 Å². The minimum Gasteiger partial charge on any atom is -0.504 e. The van der Waals surface area contributed by atoms with Gasteiger partial charge in [0, 0.05) is 12.6 Å². The zero-order valence-corrected chi connectivity index (χ0v) is 7.38. The minimum absolute atomic E-state index is 0.178. The molecule has 0 aliphatic heterocycles. The van der Waals surface area contributed by atoms with Crippen LogP contribution >= 0.6 is 0 Å². The first-order chi connectivity index (χ1) is 6.83. The Morgan fingerprint density at radius 1 is 1.47 bits per heavy atom. The molecule has 0 saturated heterocycles. The van der Waals surface area contributed by atoms with Crippen molar-refractivity contribution in [3.05, 3.63) is 11.8 Å². The van der Waals surface area contributed by atoms with Crippen LogP contribution in [0.3, 0.4) is 0 Å². The van der Waals surface area contributed by atoms with E-state index in [4.69, 9.17) is 16.6 Å². The van der Waals surface area contributed by atoms with Gasteiger partial charge >= 0.3 is 6.36 Å². The number of aromatic nitrogens is 1. The highest BCUT2D eigenvalue weighted by atomic mass is 19.4. The van der Waals surface area contributed by atoms with Crippen molar-refractivity contribution in [3.63, 3.8) is 0 Å². The second-order valence-corrected chi connectivity index (χ2v) is 2.59. The smallest absolute Gasteiger partial charge is 0.504 e. The van der Waals surface area contributed by atoms with Gasteiger partial charge in [-0.3, -0.25) is 0 Å². The van der Waals surface area contributed by atoms with Crippen LogP contribution < -0.4 is 16.2 Å². The summed E-state index contributed by atoms with van der Waals surface area (Å²) in [5, 5.41) is 9.04. The van der Waals surface area contributed by atoms with Crippen molar-refractivity contribution < 1.29 is 23.0 Å². The highest BCUT2D eigenvalue weighted by Gasteiger charge is 2.32. The molecule has 1 aromatic rings. The largest absolute Gasteiger partial charge is 0.573 e. The molecule has 0 unspecified atom stereocenters. The van der Waals surface area contributed by atoms with E-state index in [2.05, 4.69) is 9.72 Å². The van der Waals surface area contributed by atoms with E-state index < -0.39 is 17.9 Å². The maximum atomic E-state index is 11.9. The Labute approximate surface area is 82.5 Å². The molecule has 15 heavy (non-hydrogen) atoms. The van der Waals surface area contributed by atoms with Gasteiger partial charge in [-0.25, -0.2) is 4.98 Å². The first kappa shape index (κ1) is 11.4. The van der Waals surface area contributed by atoms with Gasteiger partial charge in [0.05, 0.1) is 5.69 Å². The number of halogens is 3. The summed E-state index contributed by atoms with van der Waals surface area (Å²) in [7, 11) is 0. The predicted molar refractivity (Wildman–Crippen MR) is 44.9 cm³/mol. The second-order valence-electron chi connectivity index (χ2n) is 2.59. The normalized spacial score (nSPS) is 11.5. The van der Waals surface area contributed by atoms with Crippen molar-refractivity contribution in [2.45, 2.75) is 12.9 Å². The Morgan fingerprint density at radius 3 is 2.53 bits per heavy atom. The van der Waals surface area contributed by atoms with Crippen molar-refractivity contribution >= 4 is 5.82 Å². The molecule has 0 bridgehead atoms. The topological polar surface area (TPSA) is 94.4 Å². The van der Waals surface area contributed by atoms with Crippen molar-refractivity contribution in [2.75, 3.05) is 5.73 Å². The number of hydrogen-bond acceptors (Lipinski definition) is 5. The fourth-order valence-electron chi connectivity index (χ4n) is 0.898. The van der Waals surface area contributed by atoms with Gasteiger partial charge in [-0.1, -0.05) is 0 Å². The number of pyridine rings is 1. The van der Waals surface area contributed by atoms with Crippen LogP contribution in [0.1, 0.15) is 5.69 Å². The minimum atomic E-state index is -4.87. The van der Waals surface area contributed by atoms with E-state index in [1.807, 2.05) is 0 Å². The fraction of sp³-hybridized carbons (Fsp3) is 0.286. The molecule has 0 aliphatic rings. The SMILES string of the molecule is NCc1nc(N)c(O)cc1OC(F)(F)F. The number of anilines is 1. The molecule has 5 nitrogen and oxygen atoms in total. The molecule has 0 fully saturated rings. The number of nitrogens with two attached hydrogens (primary N) is 2. The van der Waals surface area contributed by atoms with Gasteiger partial charge in [0.1, 0.15) is 0 Å². The van der Waals surface area contributed by atoms with Gasteiger partial charge in [-0.05, 0) is 0 Å². The number of hydrogen-bond donors (Lipinski definition) is 3. The molecule has 0 spiro atoms. The number of rotatable bonds is 2. The van der Waals surface area contributed by atoms with Crippen LogP contribution in [0, 0.1) is 0 Å². The van der Waals surface area contributed by atoms with Crippen LogP contribution in [0.5, 0.6) is 11.5 Å². The Bertz CT molecular complexity index is 367. The molecular weight excluding hydrogens is 215 g/mol. The van der Waals surface area contributed by atoms with E-state index >= 15 is 0 Å². The maximum absolute atomic E-state index is 11.9. The molecule has 8 heteroatoms. The van der Waals surface area contributed by atoms with Gasteiger partial charge in [0.15, 0.2) is 17.3 Å². The molecule has 1 rings (SSSR count). The first-order valence-electron chi connectivity index (χ1n) is 3.77. The Hall–Kier alpha value is -1.70. The summed E-state index contributed by atoms with van der Waals surface area (Å²) in [5.41, 5.74) is 10.1. The Kier molecular flexibility index (Phi) is 2.89. The van der Waals surface area contributed by atoms with E-state index in [-0.39, 0.29) is 18.1 Å². The molecule has 0 saturated carbocycles. The molecule has 84 valence electrons.